The summed E-state index contributed by atoms with van der Waals surface area (Å²) in [6.07, 6.45) is 1.02. The summed E-state index contributed by atoms with van der Waals surface area (Å²) >= 11 is 5.21. The number of pyridine rings is 1. The molecule has 0 spiro atoms. The van der Waals surface area contributed by atoms with Crippen molar-refractivity contribution in [1.82, 2.24) is 15.3 Å². The van der Waals surface area contributed by atoms with Crippen molar-refractivity contribution in [2.75, 3.05) is 18.5 Å². The zero-order chi connectivity index (χ0) is 26.4. The number of nitrogens with one attached hydrogen (secondary N) is 3. The number of fused-ring (bicyclic) bond motifs is 1. The number of benzene rings is 1. The fourth-order valence-electron chi connectivity index (χ4n) is 5.07. The summed E-state index contributed by atoms with van der Waals surface area (Å²) in [6.45, 7) is 0.449. The van der Waals surface area contributed by atoms with Crippen molar-refractivity contribution in [3.63, 3.8) is 0 Å². The number of nitrogens with zero attached hydrogens (tertiary/aromatic N) is 1. The Morgan fingerprint density at radius 1 is 1.14 bits per heavy atom. The van der Waals surface area contributed by atoms with Crippen LogP contribution in [0.2, 0.25) is 0 Å². The van der Waals surface area contributed by atoms with E-state index in [0.717, 1.165) is 31.4 Å². The largest absolute Gasteiger partial charge is 0.450 e. The van der Waals surface area contributed by atoms with Crippen LogP contribution in [0, 0.1) is 17.0 Å². The Kier molecular flexibility index (Phi) is 6.51. The van der Waals surface area contributed by atoms with Crippen LogP contribution in [0.25, 0.3) is 11.0 Å². The van der Waals surface area contributed by atoms with E-state index in [0.29, 0.717) is 13.0 Å². The van der Waals surface area contributed by atoms with Crippen molar-refractivity contribution in [2.45, 2.75) is 50.1 Å². The topological polar surface area (TPSA) is 82.2 Å². The zero-order valence-corrected chi connectivity index (χ0v) is 20.5. The third-order valence-electron chi connectivity index (χ3n) is 7.64. The van der Waals surface area contributed by atoms with Gasteiger partial charge in [-0.25, -0.2) is 13.8 Å². The minimum absolute atomic E-state index is 0.0210. The van der Waals surface area contributed by atoms with Gasteiger partial charge >= 0.3 is 6.18 Å². The molecular weight excluding hydrogens is 515 g/mol. The SMILES string of the molecule is OCC1(CNC(=S)Nc2cc(F)c(Oc3ccnc4[nH]cc(C5(C(F)(F)F)CCC5)c34)c(F)c2)CCC1. The fraction of sp³-hybridized carbons (Fsp3) is 0.440. The summed E-state index contributed by atoms with van der Waals surface area (Å²) in [5.41, 5.74) is -2.19. The van der Waals surface area contributed by atoms with Crippen molar-refractivity contribution >= 4 is 34.1 Å². The highest BCUT2D eigenvalue weighted by Crippen LogP contribution is 2.57. The molecule has 2 fully saturated rings. The van der Waals surface area contributed by atoms with E-state index in [1.54, 1.807) is 0 Å². The number of hydrogen-bond acceptors (Lipinski definition) is 4. The Bertz CT molecular complexity index is 1310. The van der Waals surface area contributed by atoms with E-state index >= 15 is 0 Å². The van der Waals surface area contributed by atoms with E-state index in [9.17, 15) is 27.1 Å². The Morgan fingerprint density at radius 2 is 1.81 bits per heavy atom. The van der Waals surface area contributed by atoms with Gasteiger partial charge < -0.3 is 25.5 Å². The van der Waals surface area contributed by atoms with Gasteiger partial charge in [0.05, 0.1) is 17.4 Å². The standard InChI is InChI=1S/C25H25F5N4O2S/c26-16-9-14(34-22(37)33-12-23(13-35)4-1-5-23)10-17(27)20(16)36-18-3-8-31-21-19(18)15(11-32-21)24(6-2-7-24)25(28,29)30/h3,8-11,35H,1-2,4-7,12-13H2,(H,31,32)(H2,33,34,37). The number of aliphatic hydroxyl groups is 1. The quantitative estimate of drug-likeness (QED) is 0.215. The number of hydrogen-bond donors (Lipinski definition) is 4. The first-order chi connectivity index (χ1) is 17.6. The van der Waals surface area contributed by atoms with Crippen molar-refractivity contribution in [1.29, 1.82) is 0 Å². The molecule has 6 nitrogen and oxygen atoms in total. The molecule has 2 heterocycles. The molecule has 2 saturated carbocycles. The monoisotopic (exact) mass is 540 g/mol. The highest BCUT2D eigenvalue weighted by molar-refractivity contribution is 7.80. The van der Waals surface area contributed by atoms with E-state index < -0.39 is 29.0 Å². The predicted octanol–water partition coefficient (Wildman–Crippen LogP) is 6.07. The molecule has 12 heteroatoms. The summed E-state index contributed by atoms with van der Waals surface area (Å²) in [5.74, 6) is -3.02. The van der Waals surface area contributed by atoms with Gasteiger partial charge in [0.2, 0.25) is 0 Å². The van der Waals surface area contributed by atoms with Crippen LogP contribution in [0.15, 0.2) is 30.6 Å². The number of halogens is 5. The third-order valence-corrected chi connectivity index (χ3v) is 7.89. The van der Waals surface area contributed by atoms with Crippen LogP contribution in [-0.2, 0) is 5.41 Å². The van der Waals surface area contributed by atoms with Crippen LogP contribution in [-0.4, -0.2) is 39.5 Å². The van der Waals surface area contributed by atoms with Crippen LogP contribution in [0.3, 0.4) is 0 Å². The number of aromatic amines is 1. The lowest BCUT2D eigenvalue weighted by molar-refractivity contribution is -0.212. The van der Waals surface area contributed by atoms with Gasteiger partial charge in [-0.1, -0.05) is 12.8 Å². The number of thiocarbonyl (C=S) groups is 1. The van der Waals surface area contributed by atoms with Gasteiger partial charge in [0, 0.05) is 42.2 Å². The van der Waals surface area contributed by atoms with Gasteiger partial charge in [0.15, 0.2) is 22.5 Å². The molecule has 5 rings (SSSR count). The molecule has 0 bridgehead atoms. The first-order valence-corrected chi connectivity index (χ1v) is 12.3. The lowest BCUT2D eigenvalue weighted by Gasteiger charge is -2.43. The van der Waals surface area contributed by atoms with Gasteiger partial charge in [-0.15, -0.1) is 0 Å². The van der Waals surface area contributed by atoms with Crippen molar-refractivity contribution in [2.24, 2.45) is 5.41 Å². The van der Waals surface area contributed by atoms with E-state index in [1.165, 1.54) is 18.5 Å². The van der Waals surface area contributed by atoms with Crippen molar-refractivity contribution in [3.8, 4) is 11.5 Å². The Labute approximate surface area is 214 Å². The maximum absolute atomic E-state index is 15.0. The molecule has 0 saturated heterocycles. The maximum Gasteiger partial charge on any atom is 0.398 e. The lowest BCUT2D eigenvalue weighted by Crippen LogP contribution is -2.47. The highest BCUT2D eigenvalue weighted by Gasteiger charge is 2.60. The molecule has 2 aliphatic carbocycles. The molecule has 37 heavy (non-hydrogen) atoms. The normalized spacial score (nSPS) is 18.1. The van der Waals surface area contributed by atoms with Crippen molar-refractivity contribution < 1.29 is 31.8 Å². The number of rotatable bonds is 7. The molecule has 0 unspecified atom stereocenters. The average molecular weight is 541 g/mol. The molecule has 4 N–H and O–H groups in total. The summed E-state index contributed by atoms with van der Waals surface area (Å²) < 4.78 is 77.5. The van der Waals surface area contributed by atoms with E-state index in [4.69, 9.17) is 17.0 Å². The number of H-pyrrole nitrogens is 1. The van der Waals surface area contributed by atoms with Gasteiger partial charge in [-0.3, -0.25) is 0 Å². The lowest BCUT2D eigenvalue weighted by atomic mass is 9.64. The number of ether oxygens (including phenoxy) is 1. The van der Waals surface area contributed by atoms with Crippen LogP contribution >= 0.6 is 12.2 Å². The zero-order valence-electron chi connectivity index (χ0n) is 19.6. The smallest absolute Gasteiger partial charge is 0.398 e. The number of aromatic nitrogens is 2. The Balaban J connectivity index is 1.38. The summed E-state index contributed by atoms with van der Waals surface area (Å²) in [6, 6.07) is 3.25. The van der Waals surface area contributed by atoms with Crippen LogP contribution in [0.1, 0.15) is 44.1 Å². The maximum atomic E-state index is 15.0. The highest BCUT2D eigenvalue weighted by atomic mass is 32.1. The second-order valence-corrected chi connectivity index (χ2v) is 10.3. The Morgan fingerprint density at radius 3 is 2.35 bits per heavy atom. The van der Waals surface area contributed by atoms with Gasteiger partial charge in [-0.2, -0.15) is 13.2 Å². The van der Waals surface area contributed by atoms with E-state index in [-0.39, 0.29) is 58.0 Å². The molecular formula is C25H25F5N4O2S. The first-order valence-electron chi connectivity index (χ1n) is 11.9. The van der Waals surface area contributed by atoms with Crippen LogP contribution in [0.4, 0.5) is 27.6 Å². The number of aliphatic hydroxyl groups excluding tert-OH is 1. The molecule has 0 radical (unpaired) electrons. The number of anilines is 1. The van der Waals surface area contributed by atoms with Crippen LogP contribution in [0.5, 0.6) is 11.5 Å². The van der Waals surface area contributed by atoms with Gasteiger partial charge in [-0.05, 0) is 49.5 Å². The summed E-state index contributed by atoms with van der Waals surface area (Å²) in [5, 5.41) is 15.4. The third kappa shape index (κ3) is 4.50. The molecule has 0 aliphatic heterocycles. The molecule has 3 aromatic rings. The van der Waals surface area contributed by atoms with Gasteiger partial charge in [0.1, 0.15) is 11.4 Å². The minimum atomic E-state index is -4.50. The fourth-order valence-corrected chi connectivity index (χ4v) is 5.26. The second-order valence-electron chi connectivity index (χ2n) is 9.86. The molecule has 0 amide bonds. The van der Waals surface area contributed by atoms with Crippen LogP contribution < -0.4 is 15.4 Å². The van der Waals surface area contributed by atoms with Gasteiger partial charge in [0.25, 0.3) is 0 Å². The average Bonchev–Trinajstić information content (AvgIpc) is 3.19. The van der Waals surface area contributed by atoms with E-state index in [2.05, 4.69) is 20.6 Å². The van der Waals surface area contributed by atoms with Crippen molar-refractivity contribution in [3.05, 3.63) is 47.8 Å². The molecule has 2 aromatic heterocycles. The molecule has 1 aromatic carbocycles. The molecule has 0 atom stereocenters. The predicted molar refractivity (Wildman–Crippen MR) is 132 cm³/mol. The number of alkyl halides is 3. The molecule has 2 aliphatic rings. The molecule has 198 valence electrons. The van der Waals surface area contributed by atoms with E-state index in [1.807, 2.05) is 0 Å². The first kappa shape index (κ1) is 25.7. The minimum Gasteiger partial charge on any atom is -0.450 e. The summed E-state index contributed by atoms with van der Waals surface area (Å²) in [4.78, 5) is 6.79. The summed E-state index contributed by atoms with van der Waals surface area (Å²) in [7, 11) is 0. The Hall–Kier alpha value is -2.99. The second kappa shape index (κ2) is 9.39.